The highest BCUT2D eigenvalue weighted by Crippen LogP contribution is 2.24. The van der Waals surface area contributed by atoms with Crippen LogP contribution in [0.15, 0.2) is 83.3 Å². The van der Waals surface area contributed by atoms with Crippen molar-refractivity contribution in [3.05, 3.63) is 94.5 Å². The quantitative estimate of drug-likeness (QED) is 0.445. The van der Waals surface area contributed by atoms with E-state index >= 15 is 0 Å². The lowest BCUT2D eigenvalue weighted by Crippen LogP contribution is -2.14. The van der Waals surface area contributed by atoms with Gasteiger partial charge in [-0.25, -0.2) is 0 Å². The summed E-state index contributed by atoms with van der Waals surface area (Å²) in [5, 5.41) is 0. The average Bonchev–Trinajstić information content (AvgIpc) is 2.62. The molecular formula is C20H13BrO3. The van der Waals surface area contributed by atoms with Crippen LogP contribution in [0.1, 0.15) is 20.7 Å². The van der Waals surface area contributed by atoms with Gasteiger partial charge in [-0.1, -0.05) is 52.3 Å². The molecule has 0 aliphatic heterocycles. The predicted octanol–water partition coefficient (Wildman–Crippen LogP) is 5.31. The van der Waals surface area contributed by atoms with E-state index in [1.807, 2.05) is 24.3 Å². The van der Waals surface area contributed by atoms with E-state index in [0.29, 0.717) is 22.6 Å². The number of ether oxygens (including phenoxy) is 1. The second-order valence-corrected chi connectivity index (χ2v) is 6.02. The third-order valence-electron chi connectivity index (χ3n) is 3.39. The summed E-state index contributed by atoms with van der Waals surface area (Å²) in [4.78, 5) is 24.4. The standard InChI is InChI=1S/C20H13BrO3/c21-16-7-4-8-18(13-16)24-17-11-9-15(10-12-17)20(23)19(22)14-5-2-1-3-6-14/h1-13H. The van der Waals surface area contributed by atoms with E-state index in [1.54, 1.807) is 54.6 Å². The van der Waals surface area contributed by atoms with Gasteiger partial charge in [0.1, 0.15) is 11.5 Å². The van der Waals surface area contributed by atoms with Gasteiger partial charge in [0, 0.05) is 15.6 Å². The van der Waals surface area contributed by atoms with Gasteiger partial charge >= 0.3 is 0 Å². The van der Waals surface area contributed by atoms with Crippen molar-refractivity contribution in [3.63, 3.8) is 0 Å². The molecule has 3 rings (SSSR count). The summed E-state index contributed by atoms with van der Waals surface area (Å²) in [5.41, 5.74) is 0.724. The molecule has 0 saturated carbocycles. The minimum absolute atomic E-state index is 0.338. The zero-order valence-electron chi connectivity index (χ0n) is 12.6. The number of Topliss-reactive ketones (excluding diaryl/α,β-unsaturated/α-hetero) is 2. The second-order valence-electron chi connectivity index (χ2n) is 5.11. The molecule has 0 bridgehead atoms. The highest BCUT2D eigenvalue weighted by atomic mass is 79.9. The molecule has 24 heavy (non-hydrogen) atoms. The van der Waals surface area contributed by atoms with Crippen LogP contribution in [0.3, 0.4) is 0 Å². The average molecular weight is 381 g/mol. The second kappa shape index (κ2) is 7.23. The molecular weight excluding hydrogens is 368 g/mol. The minimum Gasteiger partial charge on any atom is -0.457 e. The molecule has 3 aromatic carbocycles. The number of carbonyl (C=O) groups is 2. The number of halogens is 1. The van der Waals surface area contributed by atoms with E-state index in [1.165, 1.54) is 0 Å². The van der Waals surface area contributed by atoms with Crippen molar-refractivity contribution in [2.45, 2.75) is 0 Å². The summed E-state index contributed by atoms with van der Waals surface area (Å²) in [6.07, 6.45) is 0. The summed E-state index contributed by atoms with van der Waals surface area (Å²) < 4.78 is 6.63. The van der Waals surface area contributed by atoms with E-state index in [4.69, 9.17) is 4.74 Å². The summed E-state index contributed by atoms with van der Waals surface area (Å²) in [5.74, 6) is 0.229. The van der Waals surface area contributed by atoms with Gasteiger partial charge in [-0.2, -0.15) is 0 Å². The van der Waals surface area contributed by atoms with Crippen LogP contribution in [-0.2, 0) is 0 Å². The van der Waals surface area contributed by atoms with Gasteiger partial charge in [0.05, 0.1) is 0 Å². The van der Waals surface area contributed by atoms with Crippen LogP contribution in [-0.4, -0.2) is 11.6 Å². The molecule has 3 aromatic rings. The lowest BCUT2D eigenvalue weighted by atomic mass is 10.0. The molecule has 0 radical (unpaired) electrons. The Hall–Kier alpha value is -2.72. The molecule has 0 aliphatic carbocycles. The zero-order chi connectivity index (χ0) is 16.9. The van der Waals surface area contributed by atoms with Gasteiger partial charge in [-0.15, -0.1) is 0 Å². The number of hydrogen-bond acceptors (Lipinski definition) is 3. The first-order valence-electron chi connectivity index (χ1n) is 7.31. The summed E-state index contributed by atoms with van der Waals surface area (Å²) >= 11 is 3.38. The van der Waals surface area contributed by atoms with Crippen molar-refractivity contribution in [3.8, 4) is 11.5 Å². The highest BCUT2D eigenvalue weighted by Gasteiger charge is 2.17. The molecule has 0 amide bonds. The van der Waals surface area contributed by atoms with Crippen LogP contribution < -0.4 is 4.74 Å². The predicted molar refractivity (Wildman–Crippen MR) is 95.8 cm³/mol. The van der Waals surface area contributed by atoms with E-state index in [9.17, 15) is 9.59 Å². The Labute approximate surface area is 148 Å². The molecule has 0 saturated heterocycles. The zero-order valence-corrected chi connectivity index (χ0v) is 14.2. The Morgan fingerprint density at radius 1 is 0.667 bits per heavy atom. The molecule has 0 fully saturated rings. The number of carbonyl (C=O) groups excluding carboxylic acids is 2. The van der Waals surface area contributed by atoms with Crippen molar-refractivity contribution in [1.29, 1.82) is 0 Å². The van der Waals surface area contributed by atoms with E-state index in [0.717, 1.165) is 4.47 Å². The molecule has 0 N–H and O–H groups in total. The van der Waals surface area contributed by atoms with Gasteiger partial charge in [-0.05, 0) is 42.5 Å². The number of rotatable bonds is 5. The lowest BCUT2D eigenvalue weighted by molar-refractivity contribution is 0.0817. The summed E-state index contributed by atoms with van der Waals surface area (Å²) in [6.45, 7) is 0. The van der Waals surface area contributed by atoms with Crippen LogP contribution >= 0.6 is 15.9 Å². The maximum absolute atomic E-state index is 12.3. The fourth-order valence-corrected chi connectivity index (χ4v) is 2.57. The monoisotopic (exact) mass is 380 g/mol. The SMILES string of the molecule is O=C(C(=O)c1ccc(Oc2cccc(Br)c2)cc1)c1ccccc1. The molecule has 0 heterocycles. The third kappa shape index (κ3) is 3.78. The Morgan fingerprint density at radius 2 is 1.29 bits per heavy atom. The third-order valence-corrected chi connectivity index (χ3v) is 3.88. The van der Waals surface area contributed by atoms with Crippen molar-refractivity contribution in [2.75, 3.05) is 0 Å². The van der Waals surface area contributed by atoms with Crippen molar-refractivity contribution >= 4 is 27.5 Å². The van der Waals surface area contributed by atoms with Crippen LogP contribution in [0, 0.1) is 0 Å². The maximum atomic E-state index is 12.3. The van der Waals surface area contributed by atoms with E-state index in [-0.39, 0.29) is 0 Å². The first-order chi connectivity index (χ1) is 11.6. The Bertz CT molecular complexity index is 871. The molecule has 3 nitrogen and oxygen atoms in total. The topological polar surface area (TPSA) is 43.4 Å². The largest absolute Gasteiger partial charge is 0.457 e. The summed E-state index contributed by atoms with van der Waals surface area (Å²) in [6, 6.07) is 22.5. The van der Waals surface area contributed by atoms with Gasteiger partial charge in [0.15, 0.2) is 0 Å². The van der Waals surface area contributed by atoms with Crippen molar-refractivity contribution in [2.24, 2.45) is 0 Å². The highest BCUT2D eigenvalue weighted by molar-refractivity contribution is 9.10. The molecule has 0 aromatic heterocycles. The number of hydrogen-bond donors (Lipinski definition) is 0. The van der Waals surface area contributed by atoms with Crippen LogP contribution in [0.5, 0.6) is 11.5 Å². The normalized spacial score (nSPS) is 10.2. The molecule has 0 aliphatic rings. The van der Waals surface area contributed by atoms with Gasteiger partial charge in [-0.3, -0.25) is 9.59 Å². The van der Waals surface area contributed by atoms with Crippen LogP contribution in [0.4, 0.5) is 0 Å². The molecule has 0 spiro atoms. The van der Waals surface area contributed by atoms with Crippen LogP contribution in [0.2, 0.25) is 0 Å². The van der Waals surface area contributed by atoms with Gasteiger partial charge in [0.25, 0.3) is 0 Å². The van der Waals surface area contributed by atoms with Crippen molar-refractivity contribution in [1.82, 2.24) is 0 Å². The van der Waals surface area contributed by atoms with Crippen molar-refractivity contribution < 1.29 is 14.3 Å². The van der Waals surface area contributed by atoms with E-state index in [2.05, 4.69) is 15.9 Å². The molecule has 0 atom stereocenters. The fourth-order valence-electron chi connectivity index (χ4n) is 2.19. The van der Waals surface area contributed by atoms with Gasteiger partial charge < -0.3 is 4.74 Å². The Morgan fingerprint density at radius 3 is 1.92 bits per heavy atom. The Kier molecular flexibility index (Phi) is 4.87. The van der Waals surface area contributed by atoms with E-state index < -0.39 is 11.6 Å². The first-order valence-corrected chi connectivity index (χ1v) is 8.10. The minimum atomic E-state index is -0.532. The molecule has 118 valence electrons. The smallest absolute Gasteiger partial charge is 0.233 e. The first kappa shape index (κ1) is 16.1. The van der Waals surface area contributed by atoms with Crippen LogP contribution in [0.25, 0.3) is 0 Å². The Balaban J connectivity index is 1.74. The van der Waals surface area contributed by atoms with Gasteiger partial charge in [0.2, 0.25) is 11.6 Å². The number of ketones is 2. The summed E-state index contributed by atoms with van der Waals surface area (Å²) in [7, 11) is 0. The maximum Gasteiger partial charge on any atom is 0.233 e. The lowest BCUT2D eigenvalue weighted by Gasteiger charge is -2.07. The fraction of sp³-hybridized carbons (Fsp3) is 0. The number of benzene rings is 3. The molecule has 0 unspecified atom stereocenters. The molecule has 4 heteroatoms.